The number of thioether (sulfide) groups is 1. The highest BCUT2D eigenvalue weighted by Gasteiger charge is 2.27. The van der Waals surface area contributed by atoms with E-state index >= 15 is 0 Å². The summed E-state index contributed by atoms with van der Waals surface area (Å²) in [6.07, 6.45) is 4.31. The molecule has 0 atom stereocenters. The van der Waals surface area contributed by atoms with Crippen molar-refractivity contribution in [2.75, 3.05) is 5.75 Å². The van der Waals surface area contributed by atoms with Crippen LogP contribution in [0.1, 0.15) is 58.6 Å². The molecule has 122 valence electrons. The minimum Gasteiger partial charge on any atom is -0.507 e. The highest BCUT2D eigenvalue weighted by atomic mass is 32.2. The Labute approximate surface area is 139 Å². The quantitative estimate of drug-likeness (QED) is 0.324. The summed E-state index contributed by atoms with van der Waals surface area (Å²) in [6, 6.07) is 4.13. The van der Waals surface area contributed by atoms with E-state index in [1.807, 2.05) is 6.08 Å². The minimum atomic E-state index is -0.288. The molecule has 1 aromatic carbocycles. The van der Waals surface area contributed by atoms with Crippen molar-refractivity contribution in [2.24, 2.45) is 0 Å². The fourth-order valence-corrected chi connectivity index (χ4v) is 3.17. The van der Waals surface area contributed by atoms with Crippen LogP contribution in [-0.4, -0.2) is 17.1 Å². The van der Waals surface area contributed by atoms with Gasteiger partial charge in [0.15, 0.2) is 0 Å². The van der Waals surface area contributed by atoms with Crippen molar-refractivity contribution < 1.29 is 9.90 Å². The average Bonchev–Trinajstić information content (AvgIpc) is 2.43. The molecule has 0 aliphatic carbocycles. The molecule has 0 amide bonds. The van der Waals surface area contributed by atoms with Gasteiger partial charge < -0.3 is 9.90 Å². The molecule has 1 aromatic rings. The van der Waals surface area contributed by atoms with E-state index in [-0.39, 0.29) is 10.8 Å². The number of carbonyl (C=O) groups is 1. The number of aromatic hydroxyl groups is 1. The van der Waals surface area contributed by atoms with E-state index in [4.69, 9.17) is 0 Å². The summed E-state index contributed by atoms with van der Waals surface area (Å²) in [7, 11) is 0. The summed E-state index contributed by atoms with van der Waals surface area (Å²) in [4.78, 5) is 11.6. The van der Waals surface area contributed by atoms with E-state index in [1.165, 1.54) is 0 Å². The molecule has 0 saturated heterocycles. The SMILES string of the molecule is C=CC(C)(C)c1cc(SCCCC=O)cc(C(C)(C)C)c1O. The first-order valence-corrected chi connectivity index (χ1v) is 8.70. The van der Waals surface area contributed by atoms with Crippen LogP contribution in [0.5, 0.6) is 5.75 Å². The fraction of sp³-hybridized carbons (Fsp3) is 0.526. The number of phenols is 1. The molecule has 0 aliphatic rings. The lowest BCUT2D eigenvalue weighted by molar-refractivity contribution is -0.107. The zero-order chi connectivity index (χ0) is 17.0. The standard InChI is InChI=1S/C19H28O2S/c1-7-19(5,6)16-13-14(22-11-9-8-10-20)12-15(17(16)21)18(2,3)4/h7,10,12-13,21H,1,8-9,11H2,2-6H3. The third kappa shape index (κ3) is 4.64. The molecule has 0 aromatic heterocycles. The van der Waals surface area contributed by atoms with Crippen molar-refractivity contribution in [3.8, 4) is 5.75 Å². The van der Waals surface area contributed by atoms with Gasteiger partial charge >= 0.3 is 0 Å². The number of phenolic OH excluding ortho intramolecular Hbond substituents is 1. The summed E-state index contributed by atoms with van der Waals surface area (Å²) < 4.78 is 0. The van der Waals surface area contributed by atoms with Crippen molar-refractivity contribution >= 4 is 18.0 Å². The Morgan fingerprint density at radius 3 is 2.27 bits per heavy atom. The molecular weight excluding hydrogens is 292 g/mol. The maximum Gasteiger partial charge on any atom is 0.123 e. The van der Waals surface area contributed by atoms with Gasteiger partial charge in [-0.2, -0.15) is 0 Å². The van der Waals surface area contributed by atoms with Gasteiger partial charge in [0.1, 0.15) is 12.0 Å². The van der Waals surface area contributed by atoms with E-state index in [2.05, 4.69) is 53.3 Å². The number of rotatable bonds is 7. The van der Waals surface area contributed by atoms with Gasteiger partial charge in [-0.05, 0) is 29.7 Å². The van der Waals surface area contributed by atoms with Crippen LogP contribution in [0.25, 0.3) is 0 Å². The van der Waals surface area contributed by atoms with E-state index in [9.17, 15) is 9.90 Å². The van der Waals surface area contributed by atoms with Crippen LogP contribution < -0.4 is 0 Å². The van der Waals surface area contributed by atoms with Crippen molar-refractivity contribution in [3.63, 3.8) is 0 Å². The van der Waals surface area contributed by atoms with Crippen molar-refractivity contribution in [1.29, 1.82) is 0 Å². The molecule has 0 aliphatic heterocycles. The van der Waals surface area contributed by atoms with Crippen molar-refractivity contribution in [3.05, 3.63) is 35.9 Å². The lowest BCUT2D eigenvalue weighted by Gasteiger charge is -2.28. The van der Waals surface area contributed by atoms with E-state index in [0.717, 1.165) is 34.5 Å². The van der Waals surface area contributed by atoms with E-state index in [0.29, 0.717) is 12.2 Å². The van der Waals surface area contributed by atoms with Crippen molar-refractivity contribution in [2.45, 2.75) is 63.2 Å². The molecule has 22 heavy (non-hydrogen) atoms. The molecule has 2 nitrogen and oxygen atoms in total. The van der Waals surface area contributed by atoms with Crippen LogP contribution in [0.15, 0.2) is 29.7 Å². The number of hydrogen-bond donors (Lipinski definition) is 1. The molecule has 0 fully saturated rings. The summed E-state index contributed by atoms with van der Waals surface area (Å²) in [5.74, 6) is 1.27. The Hall–Kier alpha value is -1.22. The van der Waals surface area contributed by atoms with E-state index < -0.39 is 0 Å². The van der Waals surface area contributed by atoms with Crippen LogP contribution in [0.2, 0.25) is 0 Å². The number of allylic oxidation sites excluding steroid dienone is 1. The summed E-state index contributed by atoms with van der Waals surface area (Å²) >= 11 is 1.74. The van der Waals surface area contributed by atoms with Gasteiger partial charge in [0.05, 0.1) is 0 Å². The van der Waals surface area contributed by atoms with Crippen LogP contribution >= 0.6 is 11.8 Å². The second-order valence-corrected chi connectivity index (χ2v) is 8.37. The van der Waals surface area contributed by atoms with Gasteiger partial charge in [0.2, 0.25) is 0 Å². The molecule has 0 bridgehead atoms. The monoisotopic (exact) mass is 320 g/mol. The summed E-state index contributed by atoms with van der Waals surface area (Å²) in [5, 5.41) is 10.7. The predicted molar refractivity (Wildman–Crippen MR) is 96.1 cm³/mol. The predicted octanol–water partition coefficient (Wildman–Crippen LogP) is 5.22. The van der Waals surface area contributed by atoms with Gasteiger partial charge in [-0.15, -0.1) is 18.3 Å². The number of benzene rings is 1. The molecule has 0 unspecified atom stereocenters. The second kappa shape index (κ2) is 7.36. The van der Waals surface area contributed by atoms with Crippen LogP contribution in [0.4, 0.5) is 0 Å². The number of carbonyl (C=O) groups excluding carboxylic acids is 1. The average molecular weight is 320 g/mol. The first-order chi connectivity index (χ1) is 10.1. The minimum absolute atomic E-state index is 0.130. The highest BCUT2D eigenvalue weighted by Crippen LogP contribution is 2.42. The lowest BCUT2D eigenvalue weighted by atomic mass is 9.78. The molecule has 1 N–H and O–H groups in total. The maximum absolute atomic E-state index is 10.7. The number of aldehydes is 1. The second-order valence-electron chi connectivity index (χ2n) is 7.20. The van der Waals surface area contributed by atoms with Crippen LogP contribution in [0.3, 0.4) is 0 Å². The Bertz CT molecular complexity index is 539. The van der Waals surface area contributed by atoms with Crippen molar-refractivity contribution in [1.82, 2.24) is 0 Å². The zero-order valence-corrected chi connectivity index (χ0v) is 15.2. The van der Waals surface area contributed by atoms with Crippen LogP contribution in [0, 0.1) is 0 Å². The van der Waals surface area contributed by atoms with Gasteiger partial charge in [0.25, 0.3) is 0 Å². The number of hydrogen-bond acceptors (Lipinski definition) is 3. The van der Waals surface area contributed by atoms with Gasteiger partial charge in [0, 0.05) is 27.9 Å². The Balaban J connectivity index is 3.26. The number of unbranched alkanes of at least 4 members (excludes halogenated alkanes) is 1. The maximum atomic E-state index is 10.7. The largest absolute Gasteiger partial charge is 0.507 e. The third-order valence-electron chi connectivity index (χ3n) is 3.83. The lowest BCUT2D eigenvalue weighted by Crippen LogP contribution is -2.18. The normalized spacial score (nSPS) is 12.2. The zero-order valence-electron chi connectivity index (χ0n) is 14.4. The molecular formula is C19H28O2S. The topological polar surface area (TPSA) is 37.3 Å². The summed E-state index contributed by atoms with van der Waals surface area (Å²) in [6.45, 7) is 14.3. The molecule has 0 spiro atoms. The third-order valence-corrected chi connectivity index (χ3v) is 4.89. The van der Waals surface area contributed by atoms with Gasteiger partial charge in [-0.3, -0.25) is 0 Å². The highest BCUT2D eigenvalue weighted by molar-refractivity contribution is 7.99. The molecule has 0 heterocycles. The summed E-state index contributed by atoms with van der Waals surface area (Å²) in [5.41, 5.74) is 1.45. The first kappa shape index (κ1) is 18.8. The van der Waals surface area contributed by atoms with Gasteiger partial charge in [-0.25, -0.2) is 0 Å². The van der Waals surface area contributed by atoms with E-state index in [1.54, 1.807) is 11.8 Å². The molecule has 0 radical (unpaired) electrons. The van der Waals surface area contributed by atoms with Crippen LogP contribution in [-0.2, 0) is 15.6 Å². The Morgan fingerprint density at radius 2 is 1.77 bits per heavy atom. The first-order valence-electron chi connectivity index (χ1n) is 7.71. The smallest absolute Gasteiger partial charge is 0.123 e. The molecule has 1 rings (SSSR count). The van der Waals surface area contributed by atoms with Gasteiger partial charge in [-0.1, -0.05) is 40.7 Å². The fourth-order valence-electron chi connectivity index (χ4n) is 2.22. The molecule has 3 heteroatoms. The Kier molecular flexibility index (Phi) is 6.30. The Morgan fingerprint density at radius 1 is 1.18 bits per heavy atom. The molecule has 0 saturated carbocycles.